The van der Waals surface area contributed by atoms with E-state index in [1.54, 1.807) is 78.0 Å². The number of aliphatic hydroxyl groups is 2. The lowest BCUT2D eigenvalue weighted by atomic mass is 9.78. The lowest BCUT2D eigenvalue weighted by Gasteiger charge is -2.41. The zero-order chi connectivity index (χ0) is 54.4. The minimum Gasteiger partial charge on any atom is -0.507 e. The smallest absolute Gasteiger partial charge is 0.410 e. The number of ether oxygens (including phenoxy) is 5. The summed E-state index contributed by atoms with van der Waals surface area (Å²) in [5.41, 5.74) is -0.455. The summed E-state index contributed by atoms with van der Waals surface area (Å²) in [6.07, 6.45) is 5.81. The number of methoxy groups -OCH3 is 2. The Morgan fingerprint density at radius 1 is 0.932 bits per heavy atom. The standard InChI is InChI=1S/C56H82N6O12/c1-30(2)28-61-25-21-56(22-26-61)58-42-39-40-47(65)36(8)50-41(39)51(67)55(11,74-50)72-27-20-38(70-13)33(5)49(73-53(69)60(12)37-18-23-62(24-19-37)29-54(9,10)71-14)35(7)46(64)34(6)45(63)31(3)16-15-17-32(4)52(68)57-44(48(40)66)43(42)59-56/h15-17,20,27,30-31,33-35,37-38,45-46,49,58,63-66H,18-19,21-26,28-29H2,1-14H3/b16-15+,27-20+,32-17-,57-44?/t31-,33+,34+,35+,38-,45-,46+,49+,55-/m0/s1. The molecule has 2 fully saturated rings. The first-order valence-electron chi connectivity index (χ1n) is 26.4. The summed E-state index contributed by atoms with van der Waals surface area (Å²) >= 11 is 0. The maximum atomic E-state index is 15.0. The first kappa shape index (κ1) is 56.6. The van der Waals surface area contributed by atoms with Crippen molar-refractivity contribution in [1.82, 2.24) is 14.7 Å². The van der Waals surface area contributed by atoms with E-state index < -0.39 is 83.1 Å². The van der Waals surface area contributed by atoms with Crippen molar-refractivity contribution in [3.05, 3.63) is 58.0 Å². The molecule has 2 aromatic rings. The van der Waals surface area contributed by atoms with Crippen LogP contribution < -0.4 is 20.8 Å². The molecule has 5 bridgehead atoms. The number of aliphatic hydroxyl groups excluding tert-OH is 2. The highest BCUT2D eigenvalue weighted by atomic mass is 16.7. The van der Waals surface area contributed by atoms with Crippen LogP contribution in [-0.2, 0) is 23.7 Å². The monoisotopic (exact) mass is 1030 g/mol. The molecular formula is C56H82N6O12. The third kappa shape index (κ3) is 11.2. The number of rotatable bonds is 8. The molecule has 74 heavy (non-hydrogen) atoms. The summed E-state index contributed by atoms with van der Waals surface area (Å²) in [7, 11) is 4.92. The number of aromatic hydroxyl groups is 2. The molecule has 6 heterocycles. The van der Waals surface area contributed by atoms with Gasteiger partial charge in [0.25, 0.3) is 11.7 Å². The number of nitrogens with zero attached hydrogens (tertiary/aromatic N) is 5. The molecule has 18 heteroatoms. The predicted octanol–water partition coefficient (Wildman–Crippen LogP) is 6.14. The topological polar surface area (TPSA) is 225 Å². The maximum absolute atomic E-state index is 15.0. The number of carbonyl (C=O) groups excluding carboxylic acids is 3. The van der Waals surface area contributed by atoms with Gasteiger partial charge in [-0.15, -0.1) is 0 Å². The fraction of sp³-hybridized carbons (Fsp3) is 0.661. The summed E-state index contributed by atoms with van der Waals surface area (Å²) in [5, 5.41) is 51.7. The van der Waals surface area contributed by atoms with Crippen LogP contribution in [-0.4, -0.2) is 161 Å². The molecule has 2 aromatic carbocycles. The number of carbonyl (C=O) groups is 3. The van der Waals surface area contributed by atoms with Gasteiger partial charge in [0.2, 0.25) is 0 Å². The number of Topliss-reactive ketones (excluding diaryl/α,β-unsaturated/α-hetero) is 1. The number of fused-ring (bicyclic) bond motifs is 13. The molecule has 1 spiro atoms. The van der Waals surface area contributed by atoms with E-state index in [1.807, 2.05) is 20.8 Å². The van der Waals surface area contributed by atoms with Gasteiger partial charge in [-0.05, 0) is 52.5 Å². The molecule has 5 N–H and O–H groups in total. The number of amides is 2. The Kier molecular flexibility index (Phi) is 17.0. The molecule has 6 aliphatic rings. The third-order valence-corrected chi connectivity index (χ3v) is 16.4. The number of allylic oxidation sites excluding steroid dienone is 2. The Balaban J connectivity index is 1.29. The number of likely N-dealkylation sites (tertiary alicyclic amines) is 2. The highest BCUT2D eigenvalue weighted by Gasteiger charge is 2.51. The van der Waals surface area contributed by atoms with E-state index in [-0.39, 0.29) is 61.3 Å². The van der Waals surface area contributed by atoms with Crippen LogP contribution in [0, 0.1) is 36.5 Å². The minimum atomic E-state index is -1.98. The maximum Gasteiger partial charge on any atom is 0.410 e. The van der Waals surface area contributed by atoms with Crippen LogP contribution in [0.3, 0.4) is 0 Å². The Bertz CT molecular complexity index is 2670. The van der Waals surface area contributed by atoms with Crippen molar-refractivity contribution in [1.29, 1.82) is 0 Å². The van der Waals surface area contributed by atoms with Gasteiger partial charge in [0.15, 0.2) is 5.75 Å². The van der Waals surface area contributed by atoms with Crippen LogP contribution in [0.4, 0.5) is 10.5 Å². The van der Waals surface area contributed by atoms with Crippen molar-refractivity contribution in [3.8, 4) is 17.2 Å². The van der Waals surface area contributed by atoms with Gasteiger partial charge in [-0.2, -0.15) is 0 Å². The average molecular weight is 1030 g/mol. The number of nitrogens with one attached hydrogen (secondary N) is 1. The van der Waals surface area contributed by atoms with Gasteiger partial charge in [-0.1, -0.05) is 59.8 Å². The molecule has 0 aliphatic carbocycles. The van der Waals surface area contributed by atoms with Crippen molar-refractivity contribution in [2.24, 2.45) is 39.6 Å². The van der Waals surface area contributed by atoms with E-state index in [4.69, 9.17) is 28.7 Å². The van der Waals surface area contributed by atoms with Gasteiger partial charge in [-0.25, -0.2) is 9.79 Å². The van der Waals surface area contributed by atoms with Crippen LogP contribution in [0.15, 0.2) is 46.1 Å². The van der Waals surface area contributed by atoms with Crippen molar-refractivity contribution in [2.45, 2.75) is 149 Å². The second kappa shape index (κ2) is 22.2. The number of phenolic OH excluding ortho intramolecular Hbond substituents is 2. The van der Waals surface area contributed by atoms with Gasteiger partial charge < -0.3 is 64.1 Å². The SMILES string of the molecule is CO[C@H]1/C=C/O[C@@]2(C)Oc3c(C)c(O)c4c(O)c(c5c(c4c3C2=O)NC2(CCN(CC(C)C)CC2)N=5)=NC(=O)/C(C)=C\C=C\[C@H](C)[C@H](O)[C@@H](C)[C@@H](O)[C@@H](C)[C@H](OC(=O)N(C)C2CCN(CC(C)(C)OC)CC2)[C@@H]1C. The van der Waals surface area contributed by atoms with E-state index in [1.165, 1.54) is 20.3 Å². The summed E-state index contributed by atoms with van der Waals surface area (Å²) in [6, 6.07) is -0.0983. The fourth-order valence-corrected chi connectivity index (χ4v) is 11.5. The largest absolute Gasteiger partial charge is 0.507 e. The number of phenols is 2. The zero-order valence-electron chi connectivity index (χ0n) is 46.0. The zero-order valence-corrected chi connectivity index (χ0v) is 46.0. The summed E-state index contributed by atoms with van der Waals surface area (Å²) in [6.45, 7) is 24.8. The van der Waals surface area contributed by atoms with E-state index in [2.05, 4.69) is 34.0 Å². The molecule has 0 radical (unpaired) electrons. The quantitative estimate of drug-likeness (QED) is 0.187. The van der Waals surface area contributed by atoms with E-state index >= 15 is 0 Å². The molecule has 0 unspecified atom stereocenters. The summed E-state index contributed by atoms with van der Waals surface area (Å²) in [4.78, 5) is 59.2. The molecule has 2 saturated heterocycles. The van der Waals surface area contributed by atoms with Gasteiger partial charge >= 0.3 is 11.9 Å². The average Bonchev–Trinajstić information content (AvgIpc) is 3.86. The van der Waals surface area contributed by atoms with Crippen LogP contribution in [0.5, 0.6) is 17.2 Å². The normalized spacial score (nSPS) is 31.0. The number of anilines is 1. The Labute approximate surface area is 436 Å². The highest BCUT2D eigenvalue weighted by molar-refractivity contribution is 6.21. The first-order valence-corrected chi connectivity index (χ1v) is 26.4. The van der Waals surface area contributed by atoms with Crippen LogP contribution >= 0.6 is 0 Å². The van der Waals surface area contributed by atoms with Crippen LogP contribution in [0.25, 0.3) is 10.8 Å². The number of hydrogen-bond donors (Lipinski definition) is 5. The molecule has 2 amide bonds. The molecule has 6 aliphatic heterocycles. The number of ketones is 1. The van der Waals surface area contributed by atoms with Crippen molar-refractivity contribution < 1.29 is 58.5 Å². The van der Waals surface area contributed by atoms with E-state index in [0.717, 1.165) is 39.0 Å². The third-order valence-electron chi connectivity index (χ3n) is 16.4. The number of hydrogen-bond acceptors (Lipinski definition) is 16. The second-order valence-electron chi connectivity index (χ2n) is 22.8. The minimum absolute atomic E-state index is 0.0498. The van der Waals surface area contributed by atoms with Gasteiger partial charge in [0.05, 0.1) is 46.8 Å². The molecule has 9 atom stereocenters. The molecular weight excluding hydrogens is 949 g/mol. The van der Waals surface area contributed by atoms with Gasteiger partial charge in [0.1, 0.15) is 34.0 Å². The second-order valence-corrected chi connectivity index (χ2v) is 22.8. The molecule has 0 aromatic heterocycles. The van der Waals surface area contributed by atoms with Crippen LogP contribution in [0.1, 0.15) is 111 Å². The van der Waals surface area contributed by atoms with E-state index in [0.29, 0.717) is 37.5 Å². The molecule has 0 saturated carbocycles. The van der Waals surface area contributed by atoms with Crippen molar-refractivity contribution in [2.75, 3.05) is 65.9 Å². The number of benzene rings is 2. The van der Waals surface area contributed by atoms with E-state index in [9.17, 15) is 34.8 Å². The lowest BCUT2D eigenvalue weighted by Crippen LogP contribution is -2.51. The first-order chi connectivity index (χ1) is 34.8. The molecule has 408 valence electrons. The molecule has 18 nitrogen and oxygen atoms in total. The number of piperidine rings is 2. The Hall–Kier alpha value is -5.11. The predicted molar refractivity (Wildman–Crippen MR) is 281 cm³/mol. The summed E-state index contributed by atoms with van der Waals surface area (Å²) < 4.78 is 30.7. The Morgan fingerprint density at radius 2 is 1.59 bits per heavy atom. The highest BCUT2D eigenvalue weighted by Crippen LogP contribution is 2.51. The van der Waals surface area contributed by atoms with Crippen molar-refractivity contribution >= 4 is 34.2 Å². The van der Waals surface area contributed by atoms with Gasteiger partial charge in [0, 0.05) is 127 Å². The lowest BCUT2D eigenvalue weighted by molar-refractivity contribution is -0.114. The van der Waals surface area contributed by atoms with Gasteiger partial charge in [-0.3, -0.25) is 14.6 Å². The van der Waals surface area contributed by atoms with Crippen molar-refractivity contribution in [3.63, 3.8) is 0 Å². The van der Waals surface area contributed by atoms with Crippen LogP contribution in [0.2, 0.25) is 0 Å². The fourth-order valence-electron chi connectivity index (χ4n) is 11.5. The molecule has 8 rings (SSSR count). The Morgan fingerprint density at radius 3 is 2.22 bits per heavy atom. The summed E-state index contributed by atoms with van der Waals surface area (Å²) in [5.74, 6) is -6.28.